The van der Waals surface area contributed by atoms with Gasteiger partial charge in [0.05, 0.1) is 0 Å². The maximum Gasteiger partial charge on any atom is 0.306 e. The van der Waals surface area contributed by atoms with E-state index >= 15 is 0 Å². The van der Waals surface area contributed by atoms with E-state index in [1.165, 1.54) is 263 Å². The molecule has 0 saturated heterocycles. The first-order chi connectivity index (χ1) is 37.5. The molecule has 1 unspecified atom stereocenters. The van der Waals surface area contributed by atoms with Gasteiger partial charge in [0, 0.05) is 19.3 Å². The van der Waals surface area contributed by atoms with Crippen LogP contribution in [-0.2, 0) is 28.6 Å². The number of unbranched alkanes of at least 4 members (excludes halogenated alkanes) is 46. The largest absolute Gasteiger partial charge is 0.462 e. The van der Waals surface area contributed by atoms with Gasteiger partial charge in [0.1, 0.15) is 13.2 Å². The fourth-order valence-electron chi connectivity index (χ4n) is 10.3. The third kappa shape index (κ3) is 62.5. The highest BCUT2D eigenvalue weighted by Crippen LogP contribution is 2.18. The van der Waals surface area contributed by atoms with Crippen LogP contribution in [0.1, 0.15) is 374 Å². The molecular formula is C70H130O6. The molecule has 6 heteroatoms. The van der Waals surface area contributed by atoms with Gasteiger partial charge in [-0.2, -0.15) is 0 Å². The van der Waals surface area contributed by atoms with Crippen LogP contribution < -0.4 is 0 Å². The zero-order valence-corrected chi connectivity index (χ0v) is 51.3. The van der Waals surface area contributed by atoms with Gasteiger partial charge in [-0.25, -0.2) is 0 Å². The molecule has 0 spiro atoms. The van der Waals surface area contributed by atoms with E-state index in [0.29, 0.717) is 19.3 Å². The van der Waals surface area contributed by atoms with Crippen LogP contribution in [0.4, 0.5) is 0 Å². The highest BCUT2D eigenvalue weighted by Gasteiger charge is 2.19. The molecule has 6 nitrogen and oxygen atoms in total. The number of allylic oxidation sites excluding steroid dienone is 6. The van der Waals surface area contributed by atoms with Crippen molar-refractivity contribution in [1.82, 2.24) is 0 Å². The molecule has 1 atom stereocenters. The number of esters is 3. The van der Waals surface area contributed by atoms with Crippen LogP contribution in [0.2, 0.25) is 0 Å². The molecule has 0 heterocycles. The second-order valence-corrected chi connectivity index (χ2v) is 23.1. The molecule has 0 aromatic heterocycles. The Balaban J connectivity index is 4.16. The van der Waals surface area contributed by atoms with Crippen molar-refractivity contribution in [2.45, 2.75) is 380 Å². The van der Waals surface area contributed by atoms with E-state index in [2.05, 4.69) is 57.2 Å². The average molecular weight is 1070 g/mol. The monoisotopic (exact) mass is 1070 g/mol. The van der Waals surface area contributed by atoms with E-state index in [4.69, 9.17) is 14.2 Å². The fourth-order valence-corrected chi connectivity index (χ4v) is 10.3. The van der Waals surface area contributed by atoms with Crippen LogP contribution in [-0.4, -0.2) is 37.2 Å². The molecule has 0 N–H and O–H groups in total. The third-order valence-electron chi connectivity index (χ3n) is 15.4. The minimum Gasteiger partial charge on any atom is -0.462 e. The highest BCUT2D eigenvalue weighted by molar-refractivity contribution is 5.71. The van der Waals surface area contributed by atoms with Crippen molar-refractivity contribution in [3.8, 4) is 0 Å². The molecule has 0 aliphatic heterocycles. The van der Waals surface area contributed by atoms with Crippen LogP contribution in [0.15, 0.2) is 36.5 Å². The summed E-state index contributed by atoms with van der Waals surface area (Å²) < 4.78 is 16.9. The lowest BCUT2D eigenvalue weighted by atomic mass is 10.0. The molecule has 0 saturated carbocycles. The van der Waals surface area contributed by atoms with E-state index in [1.54, 1.807) is 0 Å². The molecule has 0 aromatic rings. The zero-order chi connectivity index (χ0) is 55.0. The molecule has 0 aliphatic carbocycles. The highest BCUT2D eigenvalue weighted by atomic mass is 16.6. The molecule has 0 fully saturated rings. The number of carbonyl (C=O) groups is 3. The molecule has 0 radical (unpaired) electrons. The topological polar surface area (TPSA) is 78.9 Å². The lowest BCUT2D eigenvalue weighted by molar-refractivity contribution is -0.167. The van der Waals surface area contributed by atoms with E-state index in [9.17, 15) is 14.4 Å². The first-order valence-corrected chi connectivity index (χ1v) is 34.0. The predicted molar refractivity (Wildman–Crippen MR) is 330 cm³/mol. The van der Waals surface area contributed by atoms with E-state index in [0.717, 1.165) is 70.6 Å². The van der Waals surface area contributed by atoms with E-state index < -0.39 is 6.10 Å². The smallest absolute Gasteiger partial charge is 0.306 e. The second-order valence-electron chi connectivity index (χ2n) is 23.1. The predicted octanol–water partition coefficient (Wildman–Crippen LogP) is 23.2. The van der Waals surface area contributed by atoms with Gasteiger partial charge in [-0.1, -0.05) is 333 Å². The lowest BCUT2D eigenvalue weighted by Gasteiger charge is -2.18. The summed E-state index contributed by atoms with van der Waals surface area (Å²) in [7, 11) is 0. The number of rotatable bonds is 63. The summed E-state index contributed by atoms with van der Waals surface area (Å²) in [6, 6.07) is 0. The molecule has 0 rings (SSSR count). The van der Waals surface area contributed by atoms with E-state index in [-0.39, 0.29) is 31.1 Å². The Morgan fingerprint density at radius 1 is 0.263 bits per heavy atom. The Bertz CT molecular complexity index is 1270. The molecule has 0 aromatic carbocycles. The lowest BCUT2D eigenvalue weighted by Crippen LogP contribution is -2.30. The maximum absolute atomic E-state index is 12.9. The quantitative estimate of drug-likeness (QED) is 0.0261. The number of hydrogen-bond acceptors (Lipinski definition) is 6. The van der Waals surface area contributed by atoms with Gasteiger partial charge in [0.2, 0.25) is 0 Å². The minimum atomic E-state index is -0.767. The van der Waals surface area contributed by atoms with Gasteiger partial charge < -0.3 is 14.2 Å². The van der Waals surface area contributed by atoms with Crippen LogP contribution in [0, 0.1) is 0 Å². The normalized spacial score (nSPS) is 12.2. The standard InChI is InChI=1S/C70H130O6/c1-4-7-10-13-16-19-22-24-26-28-30-31-32-33-34-35-36-37-38-39-40-42-43-45-48-51-54-57-60-63-69(72)75-66-67(65-74-68(71)62-59-56-53-50-47-21-18-15-12-9-6-3)76-70(73)64-61-58-55-52-49-46-44-41-29-27-25-23-20-17-14-11-8-5-2/h22,24,28,30,32-33,67H,4-21,23,25-27,29,31,34-66H2,1-3H3/b24-22-,30-28-,33-32-. The van der Waals surface area contributed by atoms with Gasteiger partial charge >= 0.3 is 17.9 Å². The summed E-state index contributed by atoms with van der Waals surface area (Å²) in [5.74, 6) is -0.840. The summed E-state index contributed by atoms with van der Waals surface area (Å²) >= 11 is 0. The third-order valence-corrected chi connectivity index (χ3v) is 15.4. The van der Waals surface area contributed by atoms with E-state index in [1.807, 2.05) is 0 Å². The molecular weight excluding hydrogens is 937 g/mol. The fraction of sp³-hybridized carbons (Fsp3) is 0.871. The van der Waals surface area contributed by atoms with Crippen LogP contribution in [0.25, 0.3) is 0 Å². The first-order valence-electron chi connectivity index (χ1n) is 34.0. The summed E-state index contributed by atoms with van der Waals surface area (Å²) in [6.45, 7) is 6.69. The summed E-state index contributed by atoms with van der Waals surface area (Å²) in [4.78, 5) is 38.3. The van der Waals surface area contributed by atoms with Crippen molar-refractivity contribution in [2.75, 3.05) is 13.2 Å². The molecule has 76 heavy (non-hydrogen) atoms. The van der Waals surface area contributed by atoms with Crippen LogP contribution in [0.5, 0.6) is 0 Å². The second kappa shape index (κ2) is 65.2. The summed E-state index contributed by atoms with van der Waals surface area (Å²) in [6.07, 6.45) is 80.3. The SMILES string of the molecule is CCCCCCC/C=C\C/C=C\C/C=C\CCCCCCCCCCCCCCCCC(=O)OCC(COC(=O)CCCCCCCCCCCCC)OC(=O)CCCCCCCCCCCCCCCCCCCC. The van der Waals surface area contributed by atoms with Crippen molar-refractivity contribution in [3.05, 3.63) is 36.5 Å². The summed E-state index contributed by atoms with van der Waals surface area (Å²) in [5, 5.41) is 0. The van der Waals surface area contributed by atoms with Gasteiger partial charge in [0.15, 0.2) is 6.10 Å². The van der Waals surface area contributed by atoms with Crippen LogP contribution in [0.3, 0.4) is 0 Å². The van der Waals surface area contributed by atoms with Gasteiger partial charge in [0.25, 0.3) is 0 Å². The van der Waals surface area contributed by atoms with Gasteiger partial charge in [-0.3, -0.25) is 14.4 Å². The van der Waals surface area contributed by atoms with Crippen molar-refractivity contribution in [2.24, 2.45) is 0 Å². The van der Waals surface area contributed by atoms with Crippen molar-refractivity contribution < 1.29 is 28.6 Å². The van der Waals surface area contributed by atoms with Crippen molar-refractivity contribution in [3.63, 3.8) is 0 Å². The maximum atomic E-state index is 12.9. The minimum absolute atomic E-state index is 0.0656. The Hall–Kier alpha value is -2.37. The summed E-state index contributed by atoms with van der Waals surface area (Å²) in [5.41, 5.74) is 0. The first kappa shape index (κ1) is 73.6. The number of ether oxygens (including phenoxy) is 3. The molecule has 446 valence electrons. The van der Waals surface area contributed by atoms with Crippen molar-refractivity contribution >= 4 is 17.9 Å². The number of carbonyl (C=O) groups excluding carboxylic acids is 3. The Kier molecular flexibility index (Phi) is 63.1. The van der Waals surface area contributed by atoms with Crippen molar-refractivity contribution in [1.29, 1.82) is 0 Å². The Labute approximate surface area is 474 Å². The molecule has 0 amide bonds. The van der Waals surface area contributed by atoms with Gasteiger partial charge in [-0.05, 0) is 57.8 Å². The zero-order valence-electron chi connectivity index (χ0n) is 51.3. The van der Waals surface area contributed by atoms with Gasteiger partial charge in [-0.15, -0.1) is 0 Å². The molecule has 0 aliphatic rings. The number of hydrogen-bond donors (Lipinski definition) is 0. The Morgan fingerprint density at radius 2 is 0.474 bits per heavy atom. The van der Waals surface area contributed by atoms with Crippen LogP contribution >= 0.6 is 0 Å². The molecule has 0 bridgehead atoms. The Morgan fingerprint density at radius 3 is 0.737 bits per heavy atom. The average Bonchev–Trinajstić information content (AvgIpc) is 3.42.